The highest BCUT2D eigenvalue weighted by atomic mass is 35.5. The van der Waals surface area contributed by atoms with Crippen LogP contribution >= 0.6 is 23.2 Å². The Labute approximate surface area is 218 Å². The summed E-state index contributed by atoms with van der Waals surface area (Å²) in [7, 11) is 0. The highest BCUT2D eigenvalue weighted by Crippen LogP contribution is 2.29. The lowest BCUT2D eigenvalue weighted by Gasteiger charge is -2.34. The summed E-state index contributed by atoms with van der Waals surface area (Å²) in [6, 6.07) is 12.2. The van der Waals surface area contributed by atoms with E-state index in [1.807, 2.05) is 12.1 Å². The second-order valence-electron chi connectivity index (χ2n) is 9.44. The largest absolute Gasteiger partial charge is 0.383 e. The van der Waals surface area contributed by atoms with Gasteiger partial charge < -0.3 is 19.9 Å². The summed E-state index contributed by atoms with van der Waals surface area (Å²) in [5.41, 5.74) is 4.76. The number of hydrogen-bond acceptors (Lipinski definition) is 3. The van der Waals surface area contributed by atoms with E-state index < -0.39 is 0 Å². The summed E-state index contributed by atoms with van der Waals surface area (Å²) in [6.45, 7) is 5.17. The number of halogens is 2. The van der Waals surface area contributed by atoms with Gasteiger partial charge >= 0.3 is 0 Å². The van der Waals surface area contributed by atoms with Crippen LogP contribution in [0.2, 0.25) is 10.0 Å². The first kappa shape index (κ1) is 25.9. The number of carbonyl (C=O) groups is 1. The van der Waals surface area contributed by atoms with Crippen molar-refractivity contribution < 1.29 is 4.79 Å². The Hall–Kier alpha value is -2.21. The molecule has 0 aliphatic heterocycles. The number of benzene rings is 1. The summed E-state index contributed by atoms with van der Waals surface area (Å²) >= 11 is 12.4. The topological polar surface area (TPSA) is 48.8 Å². The summed E-state index contributed by atoms with van der Waals surface area (Å²) < 4.78 is 2.19. The van der Waals surface area contributed by atoms with Crippen LogP contribution in [0.3, 0.4) is 0 Å². The minimum Gasteiger partial charge on any atom is -0.383 e. The minimum atomic E-state index is 0.207. The predicted octanol–water partition coefficient (Wildman–Crippen LogP) is 6.35. The standard InChI is InChI=1S/C28H36Cl2N4O/c1-21-20-33-18-6-5-12-26(33)23(21)13-15-31-17-19-34(22-8-3-2-4-9-22)27(35)14-16-32-25-11-7-10-24(29)28(25)30/h5-7,10-12,18,20,22,31-32H,2-4,8-9,13-17,19H2,1H3. The maximum absolute atomic E-state index is 13.2. The van der Waals surface area contributed by atoms with Crippen molar-refractivity contribution in [1.29, 1.82) is 0 Å². The molecule has 0 atom stereocenters. The third-order valence-electron chi connectivity index (χ3n) is 7.03. The molecule has 0 unspecified atom stereocenters. The van der Waals surface area contributed by atoms with E-state index in [9.17, 15) is 4.79 Å². The molecule has 1 saturated carbocycles. The second-order valence-corrected chi connectivity index (χ2v) is 10.2. The van der Waals surface area contributed by atoms with Crippen molar-refractivity contribution >= 4 is 40.3 Å². The number of fused-ring (bicyclic) bond motifs is 1. The number of anilines is 1. The molecule has 0 spiro atoms. The fraction of sp³-hybridized carbons (Fsp3) is 0.464. The highest BCUT2D eigenvalue weighted by Gasteiger charge is 2.24. The molecule has 1 amide bonds. The zero-order valence-electron chi connectivity index (χ0n) is 20.5. The molecule has 7 heteroatoms. The van der Waals surface area contributed by atoms with Crippen LogP contribution in [0.4, 0.5) is 5.69 Å². The number of rotatable bonds is 11. The number of nitrogens with one attached hydrogen (secondary N) is 2. The lowest BCUT2D eigenvalue weighted by molar-refractivity contribution is -0.133. The number of carbonyl (C=O) groups excluding carboxylic acids is 1. The SMILES string of the molecule is Cc1cn2ccccc2c1CCNCCN(C(=O)CCNc1cccc(Cl)c1Cl)C1CCCCC1. The second kappa shape index (κ2) is 12.7. The Kier molecular flexibility index (Phi) is 9.36. The summed E-state index contributed by atoms with van der Waals surface area (Å²) in [6.07, 6.45) is 11.6. The number of hydrogen-bond donors (Lipinski definition) is 2. The molecule has 188 valence electrons. The van der Waals surface area contributed by atoms with Crippen LogP contribution in [0.1, 0.15) is 49.7 Å². The monoisotopic (exact) mass is 514 g/mol. The normalized spacial score (nSPS) is 14.4. The molecule has 5 nitrogen and oxygen atoms in total. The Balaban J connectivity index is 1.27. The van der Waals surface area contributed by atoms with Gasteiger partial charge in [-0.15, -0.1) is 0 Å². The molecule has 1 aliphatic carbocycles. The van der Waals surface area contributed by atoms with Gasteiger partial charge in [-0.25, -0.2) is 0 Å². The first-order valence-corrected chi connectivity index (χ1v) is 13.5. The van der Waals surface area contributed by atoms with E-state index >= 15 is 0 Å². The lowest BCUT2D eigenvalue weighted by atomic mass is 9.94. The van der Waals surface area contributed by atoms with Gasteiger partial charge in [0.15, 0.2) is 0 Å². The lowest BCUT2D eigenvalue weighted by Crippen LogP contribution is -2.45. The van der Waals surface area contributed by atoms with Crippen molar-refractivity contribution in [2.24, 2.45) is 0 Å². The van der Waals surface area contributed by atoms with Gasteiger partial charge in [0.05, 0.1) is 15.7 Å². The van der Waals surface area contributed by atoms with Gasteiger partial charge in [0, 0.05) is 50.0 Å². The van der Waals surface area contributed by atoms with Gasteiger partial charge in [-0.05, 0) is 68.1 Å². The maximum Gasteiger partial charge on any atom is 0.224 e. The molecule has 2 N–H and O–H groups in total. The number of pyridine rings is 1. The Morgan fingerprint density at radius 1 is 1.06 bits per heavy atom. The van der Waals surface area contributed by atoms with Crippen LogP contribution < -0.4 is 10.6 Å². The number of amides is 1. The fourth-order valence-corrected chi connectivity index (χ4v) is 5.54. The van der Waals surface area contributed by atoms with Gasteiger partial charge in [-0.3, -0.25) is 4.79 Å². The quantitative estimate of drug-likeness (QED) is 0.293. The summed E-state index contributed by atoms with van der Waals surface area (Å²) in [5.74, 6) is 0.207. The fourth-order valence-electron chi connectivity index (χ4n) is 5.17. The van der Waals surface area contributed by atoms with E-state index in [4.69, 9.17) is 23.2 Å². The molecule has 0 bridgehead atoms. The van der Waals surface area contributed by atoms with Crippen LogP contribution in [0.5, 0.6) is 0 Å². The third-order valence-corrected chi connectivity index (χ3v) is 7.85. The molecular weight excluding hydrogens is 479 g/mol. The van der Waals surface area contributed by atoms with Crippen molar-refractivity contribution in [3.8, 4) is 0 Å². The van der Waals surface area contributed by atoms with Gasteiger partial charge in [0.2, 0.25) is 5.91 Å². The molecule has 1 aromatic carbocycles. The molecule has 3 aromatic rings. The molecule has 1 aliphatic rings. The van der Waals surface area contributed by atoms with Crippen LogP contribution in [0.25, 0.3) is 5.52 Å². The molecular formula is C28H36Cl2N4O. The number of aryl methyl sites for hydroxylation is 1. The van der Waals surface area contributed by atoms with E-state index in [-0.39, 0.29) is 5.91 Å². The van der Waals surface area contributed by atoms with Gasteiger partial charge in [-0.2, -0.15) is 0 Å². The Morgan fingerprint density at radius 3 is 2.71 bits per heavy atom. The van der Waals surface area contributed by atoms with Crippen LogP contribution in [0.15, 0.2) is 48.8 Å². The average molecular weight is 516 g/mol. The predicted molar refractivity (Wildman–Crippen MR) is 147 cm³/mol. The van der Waals surface area contributed by atoms with Crippen molar-refractivity contribution in [2.45, 2.75) is 57.9 Å². The van der Waals surface area contributed by atoms with Crippen LogP contribution in [0, 0.1) is 6.92 Å². The summed E-state index contributed by atoms with van der Waals surface area (Å²) in [5, 5.41) is 7.87. The highest BCUT2D eigenvalue weighted by molar-refractivity contribution is 6.43. The first-order valence-electron chi connectivity index (χ1n) is 12.8. The molecule has 1 fully saturated rings. The molecule has 2 heterocycles. The van der Waals surface area contributed by atoms with Crippen molar-refractivity contribution in [1.82, 2.24) is 14.6 Å². The van der Waals surface area contributed by atoms with E-state index in [0.29, 0.717) is 29.1 Å². The molecule has 35 heavy (non-hydrogen) atoms. The van der Waals surface area contributed by atoms with Crippen molar-refractivity contribution in [3.05, 3.63) is 70.0 Å². The number of nitrogens with zero attached hydrogens (tertiary/aromatic N) is 2. The summed E-state index contributed by atoms with van der Waals surface area (Å²) in [4.78, 5) is 15.3. The van der Waals surface area contributed by atoms with Crippen molar-refractivity contribution in [3.63, 3.8) is 0 Å². The molecule has 0 radical (unpaired) electrons. The molecule has 2 aromatic heterocycles. The molecule has 0 saturated heterocycles. The Bertz CT molecular complexity index is 1120. The van der Waals surface area contributed by atoms with Crippen LogP contribution in [-0.2, 0) is 11.2 Å². The number of aromatic nitrogens is 1. The van der Waals surface area contributed by atoms with Gasteiger partial charge in [0.1, 0.15) is 0 Å². The first-order chi connectivity index (χ1) is 17.0. The Morgan fingerprint density at radius 2 is 1.89 bits per heavy atom. The van der Waals surface area contributed by atoms with Gasteiger partial charge in [-0.1, -0.05) is 54.6 Å². The third kappa shape index (κ3) is 6.72. The zero-order valence-corrected chi connectivity index (χ0v) is 22.0. The minimum absolute atomic E-state index is 0.207. The van der Waals surface area contributed by atoms with E-state index in [1.165, 1.54) is 35.9 Å². The van der Waals surface area contributed by atoms with Crippen molar-refractivity contribution in [2.75, 3.05) is 31.5 Å². The van der Waals surface area contributed by atoms with E-state index in [1.54, 1.807) is 6.07 Å². The zero-order chi connectivity index (χ0) is 24.6. The average Bonchev–Trinajstić information content (AvgIpc) is 3.19. The molecule has 4 rings (SSSR count). The van der Waals surface area contributed by atoms with E-state index in [0.717, 1.165) is 44.6 Å². The smallest absolute Gasteiger partial charge is 0.224 e. The maximum atomic E-state index is 13.2. The van der Waals surface area contributed by atoms with E-state index in [2.05, 4.69) is 57.5 Å². The van der Waals surface area contributed by atoms with Crippen LogP contribution in [-0.4, -0.2) is 47.4 Å². The van der Waals surface area contributed by atoms with Gasteiger partial charge in [0.25, 0.3) is 0 Å².